The molecule has 130 valence electrons. The zero-order valence-electron chi connectivity index (χ0n) is 14.9. The van der Waals surface area contributed by atoms with Crippen molar-refractivity contribution in [3.8, 4) is 0 Å². The van der Waals surface area contributed by atoms with Crippen molar-refractivity contribution >= 4 is 5.78 Å². The number of hydrogen-bond acceptors (Lipinski definition) is 2. The second-order valence-electron chi connectivity index (χ2n) is 7.40. The number of carbonyl (C=O) groups is 1. The molecule has 0 aliphatic heterocycles. The van der Waals surface area contributed by atoms with Crippen LogP contribution >= 0.6 is 0 Å². The van der Waals surface area contributed by atoms with Crippen molar-refractivity contribution in [2.24, 2.45) is 0 Å². The normalized spacial score (nSPS) is 17.5. The summed E-state index contributed by atoms with van der Waals surface area (Å²) in [6, 6.07) is 0. The van der Waals surface area contributed by atoms with E-state index in [0.717, 1.165) is 57.8 Å². The lowest BCUT2D eigenvalue weighted by Crippen LogP contribution is -2.30. The Morgan fingerprint density at radius 3 is 1.95 bits per heavy atom. The van der Waals surface area contributed by atoms with Crippen LogP contribution in [-0.4, -0.2) is 16.5 Å². The van der Waals surface area contributed by atoms with E-state index >= 15 is 0 Å². The highest BCUT2D eigenvalue weighted by molar-refractivity contribution is 5.78. The summed E-state index contributed by atoms with van der Waals surface area (Å²) in [7, 11) is 0. The van der Waals surface area contributed by atoms with Crippen molar-refractivity contribution in [1.29, 1.82) is 0 Å². The molecule has 0 aromatic carbocycles. The average molecular weight is 311 g/mol. The van der Waals surface area contributed by atoms with Crippen LogP contribution < -0.4 is 0 Å². The molecule has 0 radical (unpaired) electrons. The highest BCUT2D eigenvalue weighted by Crippen LogP contribution is 2.32. The van der Waals surface area contributed by atoms with Crippen LogP contribution in [0.1, 0.15) is 116 Å². The van der Waals surface area contributed by atoms with Gasteiger partial charge < -0.3 is 5.11 Å². The number of rotatable bonds is 13. The molecule has 1 N–H and O–H groups in total. The van der Waals surface area contributed by atoms with Gasteiger partial charge in [0.05, 0.1) is 5.60 Å². The lowest BCUT2D eigenvalue weighted by molar-refractivity contribution is -0.119. The molecule has 1 aliphatic rings. The Hall–Kier alpha value is -0.370. The fourth-order valence-corrected chi connectivity index (χ4v) is 3.64. The van der Waals surface area contributed by atoms with E-state index < -0.39 is 0 Å². The summed E-state index contributed by atoms with van der Waals surface area (Å²) in [6.45, 7) is 2.22. The Bertz CT molecular complexity index is 279. The molecule has 1 rings (SSSR count). The van der Waals surface area contributed by atoms with Gasteiger partial charge in [0.15, 0.2) is 0 Å². The minimum Gasteiger partial charge on any atom is -0.390 e. The Balaban J connectivity index is 1.89. The van der Waals surface area contributed by atoms with E-state index in [0.29, 0.717) is 5.78 Å². The Morgan fingerprint density at radius 2 is 1.36 bits per heavy atom. The summed E-state index contributed by atoms with van der Waals surface area (Å²) in [5.74, 6) is 0.461. The van der Waals surface area contributed by atoms with E-state index in [4.69, 9.17) is 0 Å². The molecule has 1 fully saturated rings. The van der Waals surface area contributed by atoms with Crippen molar-refractivity contribution < 1.29 is 9.90 Å². The molecule has 0 heterocycles. The topological polar surface area (TPSA) is 37.3 Å². The number of hydrogen-bond donors (Lipinski definition) is 1. The van der Waals surface area contributed by atoms with Crippen LogP contribution in [-0.2, 0) is 4.79 Å². The van der Waals surface area contributed by atoms with Crippen LogP contribution in [0.3, 0.4) is 0 Å². The lowest BCUT2D eigenvalue weighted by Gasteiger charge is -2.32. The third-order valence-corrected chi connectivity index (χ3v) is 5.19. The summed E-state index contributed by atoms with van der Waals surface area (Å²) in [5, 5.41) is 10.4. The molecule has 0 spiro atoms. The van der Waals surface area contributed by atoms with E-state index in [2.05, 4.69) is 6.92 Å². The van der Waals surface area contributed by atoms with Crippen LogP contribution in [0.5, 0.6) is 0 Å². The third-order valence-electron chi connectivity index (χ3n) is 5.19. The fourth-order valence-electron chi connectivity index (χ4n) is 3.64. The molecule has 0 atom stereocenters. The Morgan fingerprint density at radius 1 is 0.818 bits per heavy atom. The van der Waals surface area contributed by atoms with E-state index in [1.165, 1.54) is 51.4 Å². The number of unbranched alkanes of at least 4 members (excludes halogenated alkanes) is 7. The van der Waals surface area contributed by atoms with Gasteiger partial charge in [0.1, 0.15) is 5.78 Å². The number of Topliss-reactive ketones (excluding diaryl/α,β-unsaturated/α-hetero) is 1. The highest BCUT2D eigenvalue weighted by Gasteiger charge is 2.27. The van der Waals surface area contributed by atoms with Gasteiger partial charge >= 0.3 is 0 Å². The van der Waals surface area contributed by atoms with Crippen molar-refractivity contribution in [1.82, 2.24) is 0 Å². The van der Waals surface area contributed by atoms with Crippen LogP contribution in [0.15, 0.2) is 0 Å². The standard InChI is InChI=1S/C20H38O2/c1-2-3-4-5-9-14-19(21)15-10-6-7-11-16-20(22)17-12-8-13-18-20/h22H,2-18H2,1H3. The Kier molecular flexibility index (Phi) is 10.8. The smallest absolute Gasteiger partial charge is 0.132 e. The average Bonchev–Trinajstić information content (AvgIpc) is 2.51. The van der Waals surface area contributed by atoms with Crippen LogP contribution in [0.4, 0.5) is 0 Å². The second kappa shape index (κ2) is 12.1. The molecule has 2 heteroatoms. The van der Waals surface area contributed by atoms with Gasteiger partial charge in [0, 0.05) is 12.8 Å². The van der Waals surface area contributed by atoms with Crippen molar-refractivity contribution in [3.05, 3.63) is 0 Å². The van der Waals surface area contributed by atoms with Crippen LogP contribution in [0, 0.1) is 0 Å². The minimum atomic E-state index is -0.355. The van der Waals surface area contributed by atoms with Gasteiger partial charge in [0.2, 0.25) is 0 Å². The Labute approximate surface area is 138 Å². The predicted molar refractivity (Wildman–Crippen MR) is 94.1 cm³/mol. The SMILES string of the molecule is CCCCCCCC(=O)CCCCCCC1(O)CCCCC1. The van der Waals surface area contributed by atoms with E-state index in [-0.39, 0.29) is 5.60 Å². The van der Waals surface area contributed by atoms with Crippen molar-refractivity contribution in [3.63, 3.8) is 0 Å². The molecule has 2 nitrogen and oxygen atoms in total. The first-order valence-electron chi connectivity index (χ1n) is 9.90. The summed E-state index contributed by atoms with van der Waals surface area (Å²) >= 11 is 0. The number of carbonyl (C=O) groups excluding carboxylic acids is 1. The predicted octanol–water partition coefficient (Wildman–Crippen LogP) is 5.95. The monoisotopic (exact) mass is 310 g/mol. The molecule has 1 saturated carbocycles. The van der Waals surface area contributed by atoms with E-state index in [9.17, 15) is 9.90 Å². The summed E-state index contributed by atoms with van der Waals surface area (Å²) in [4.78, 5) is 11.8. The zero-order chi connectivity index (χ0) is 16.1. The van der Waals surface area contributed by atoms with E-state index in [1.807, 2.05) is 0 Å². The quantitative estimate of drug-likeness (QED) is 0.427. The minimum absolute atomic E-state index is 0.355. The zero-order valence-corrected chi connectivity index (χ0v) is 14.9. The van der Waals surface area contributed by atoms with Gasteiger partial charge in [-0.15, -0.1) is 0 Å². The molecular weight excluding hydrogens is 272 g/mol. The molecule has 0 unspecified atom stereocenters. The van der Waals surface area contributed by atoms with Crippen LogP contribution in [0.25, 0.3) is 0 Å². The van der Waals surface area contributed by atoms with Gasteiger partial charge in [-0.1, -0.05) is 71.1 Å². The van der Waals surface area contributed by atoms with Crippen molar-refractivity contribution in [2.75, 3.05) is 0 Å². The lowest BCUT2D eigenvalue weighted by atomic mass is 9.81. The maximum absolute atomic E-state index is 11.8. The molecule has 0 bridgehead atoms. The summed E-state index contributed by atoms with van der Waals surface area (Å²) in [5.41, 5.74) is -0.355. The first-order valence-corrected chi connectivity index (χ1v) is 9.90. The first-order chi connectivity index (χ1) is 10.7. The van der Waals surface area contributed by atoms with Gasteiger partial charge in [-0.05, 0) is 32.1 Å². The van der Waals surface area contributed by atoms with Gasteiger partial charge in [0.25, 0.3) is 0 Å². The molecular formula is C20H38O2. The van der Waals surface area contributed by atoms with Gasteiger partial charge in [-0.25, -0.2) is 0 Å². The van der Waals surface area contributed by atoms with Gasteiger partial charge in [-0.2, -0.15) is 0 Å². The van der Waals surface area contributed by atoms with Gasteiger partial charge in [-0.3, -0.25) is 4.79 Å². The maximum atomic E-state index is 11.8. The molecule has 22 heavy (non-hydrogen) atoms. The first kappa shape index (κ1) is 19.7. The number of ketones is 1. The van der Waals surface area contributed by atoms with Crippen LogP contribution in [0.2, 0.25) is 0 Å². The molecule has 1 aliphatic carbocycles. The second-order valence-corrected chi connectivity index (χ2v) is 7.40. The van der Waals surface area contributed by atoms with Crippen molar-refractivity contribution in [2.45, 2.75) is 122 Å². The maximum Gasteiger partial charge on any atom is 0.132 e. The molecule has 0 saturated heterocycles. The molecule has 0 aromatic heterocycles. The van der Waals surface area contributed by atoms with E-state index in [1.54, 1.807) is 0 Å². The largest absolute Gasteiger partial charge is 0.390 e. The third kappa shape index (κ3) is 9.61. The summed E-state index contributed by atoms with van der Waals surface area (Å²) < 4.78 is 0. The highest BCUT2D eigenvalue weighted by atomic mass is 16.3. The summed E-state index contributed by atoms with van der Waals surface area (Å²) in [6.07, 6.45) is 18.9. The number of aliphatic hydroxyl groups is 1. The molecule has 0 aromatic rings. The fraction of sp³-hybridized carbons (Fsp3) is 0.950. The molecule has 0 amide bonds.